The number of thioether (sulfide) groups is 1. The Hall–Kier alpha value is -6.36. The number of nitrogens with zero attached hydrogens (tertiary/aromatic N) is 3. The molecule has 3 aliphatic rings. The number of esters is 1. The van der Waals surface area contributed by atoms with Crippen molar-refractivity contribution in [1.82, 2.24) is 25.3 Å². The standard InChI is InChI=1S/C37H37N7O9S/c1-2-42(37(51)43-18-17-40-31(46)33(43)48)27(21-13-15-25(38)16-14-21)30(45)41-26-32(47)44-28(24(19-52-36(39)50)20-54-34(26)44)35(49)53-29(22-9-5-3-6-10-22)23-11-7-4-8-12-23/h3-16,26-27,29,34H,2,17-20,38H2,1H3,(H2,39,50)(H,40,46)(H,41,45)/t26-,27+,34-/m1/s1. The van der Waals surface area contributed by atoms with Gasteiger partial charge in [-0.2, -0.15) is 0 Å². The number of hydrogen-bond acceptors (Lipinski definition) is 11. The van der Waals surface area contributed by atoms with E-state index in [9.17, 15) is 33.6 Å². The van der Waals surface area contributed by atoms with Crippen LogP contribution in [0.4, 0.5) is 15.3 Å². The van der Waals surface area contributed by atoms with Crippen LogP contribution in [0.5, 0.6) is 0 Å². The molecule has 0 spiro atoms. The number of benzene rings is 3. The van der Waals surface area contributed by atoms with Crippen molar-refractivity contribution in [1.29, 1.82) is 0 Å². The van der Waals surface area contributed by atoms with Gasteiger partial charge in [-0.25, -0.2) is 14.4 Å². The number of rotatable bonds is 11. The first-order chi connectivity index (χ1) is 26.0. The summed E-state index contributed by atoms with van der Waals surface area (Å²) in [6.45, 7) is 1.10. The lowest BCUT2D eigenvalue weighted by Gasteiger charge is -2.50. The van der Waals surface area contributed by atoms with E-state index in [1.807, 2.05) is 12.1 Å². The number of ether oxygens (including phenoxy) is 2. The maximum atomic E-state index is 14.2. The number of likely N-dealkylation sites (N-methyl/N-ethyl adjacent to an activating group) is 1. The normalized spacial score (nSPS) is 18.6. The summed E-state index contributed by atoms with van der Waals surface area (Å²) in [6, 6.07) is 20.8. The van der Waals surface area contributed by atoms with Gasteiger partial charge in [0, 0.05) is 36.6 Å². The Morgan fingerprint density at radius 3 is 2.17 bits per heavy atom. The van der Waals surface area contributed by atoms with Crippen molar-refractivity contribution in [2.75, 3.05) is 37.7 Å². The lowest BCUT2D eigenvalue weighted by atomic mass is 9.99. The molecule has 3 atom stereocenters. The van der Waals surface area contributed by atoms with Crippen LogP contribution in [0.15, 0.2) is 96.2 Å². The number of anilines is 1. The molecule has 0 aromatic heterocycles. The highest BCUT2D eigenvalue weighted by molar-refractivity contribution is 8.00. The maximum Gasteiger partial charge on any atom is 0.404 e. The summed E-state index contributed by atoms with van der Waals surface area (Å²) >= 11 is 1.21. The molecule has 0 bridgehead atoms. The number of carbonyl (C=O) groups is 7. The Morgan fingerprint density at radius 2 is 1.57 bits per heavy atom. The number of urea groups is 1. The van der Waals surface area contributed by atoms with Gasteiger partial charge in [-0.05, 0) is 35.7 Å². The number of carbonyl (C=O) groups excluding carboxylic acids is 7. The first-order valence-corrected chi connectivity index (χ1v) is 18.0. The van der Waals surface area contributed by atoms with E-state index in [1.54, 1.807) is 67.6 Å². The summed E-state index contributed by atoms with van der Waals surface area (Å²) in [4.78, 5) is 95.5. The predicted molar refractivity (Wildman–Crippen MR) is 194 cm³/mol. The van der Waals surface area contributed by atoms with E-state index < -0.39 is 65.3 Å². The van der Waals surface area contributed by atoms with Gasteiger partial charge in [-0.15, -0.1) is 11.8 Å². The summed E-state index contributed by atoms with van der Waals surface area (Å²) in [5.74, 6) is -4.18. The highest BCUT2D eigenvalue weighted by Crippen LogP contribution is 2.42. The number of nitrogen functional groups attached to an aromatic ring is 1. The summed E-state index contributed by atoms with van der Waals surface area (Å²) in [6.07, 6.45) is -1.94. The third kappa shape index (κ3) is 7.57. The molecule has 7 amide bonds. The molecule has 6 rings (SSSR count). The van der Waals surface area contributed by atoms with Crippen molar-refractivity contribution < 1.29 is 43.0 Å². The molecule has 3 aliphatic heterocycles. The van der Waals surface area contributed by atoms with Gasteiger partial charge in [0.1, 0.15) is 29.8 Å². The summed E-state index contributed by atoms with van der Waals surface area (Å²) in [7, 11) is 0. The third-order valence-electron chi connectivity index (χ3n) is 9.05. The van der Waals surface area contributed by atoms with Crippen molar-refractivity contribution in [2.45, 2.75) is 30.5 Å². The van der Waals surface area contributed by atoms with E-state index in [2.05, 4.69) is 10.6 Å². The minimum absolute atomic E-state index is 0.0418. The van der Waals surface area contributed by atoms with Gasteiger partial charge in [0.2, 0.25) is 5.91 Å². The summed E-state index contributed by atoms with van der Waals surface area (Å²) < 4.78 is 11.1. The second-order valence-electron chi connectivity index (χ2n) is 12.4. The number of hydrogen-bond donors (Lipinski definition) is 4. The first-order valence-electron chi connectivity index (χ1n) is 17.0. The summed E-state index contributed by atoms with van der Waals surface area (Å²) in [5, 5.41) is 4.34. The van der Waals surface area contributed by atoms with Gasteiger partial charge in [0.05, 0.1) is 0 Å². The molecule has 3 heterocycles. The molecular weight excluding hydrogens is 719 g/mol. The molecule has 0 unspecified atom stereocenters. The van der Waals surface area contributed by atoms with Crippen LogP contribution >= 0.6 is 11.8 Å². The number of nitrogens with two attached hydrogens (primary N) is 2. The molecule has 0 radical (unpaired) electrons. The van der Waals surface area contributed by atoms with Gasteiger partial charge in [-0.3, -0.25) is 29.0 Å². The minimum Gasteiger partial charge on any atom is -0.448 e. The molecule has 0 saturated carbocycles. The number of amides is 7. The Morgan fingerprint density at radius 1 is 0.944 bits per heavy atom. The summed E-state index contributed by atoms with van der Waals surface area (Å²) in [5.41, 5.74) is 13.3. The second kappa shape index (κ2) is 16.1. The zero-order chi connectivity index (χ0) is 38.5. The lowest BCUT2D eigenvalue weighted by Crippen LogP contribution is -2.71. The van der Waals surface area contributed by atoms with Crippen molar-refractivity contribution in [3.8, 4) is 0 Å². The smallest absolute Gasteiger partial charge is 0.404 e. The fraction of sp³-hybridized carbons (Fsp3) is 0.270. The average molecular weight is 756 g/mol. The zero-order valence-corrected chi connectivity index (χ0v) is 29.8. The van der Waals surface area contributed by atoms with Crippen LogP contribution in [0.2, 0.25) is 0 Å². The fourth-order valence-corrected chi connectivity index (χ4v) is 7.75. The molecule has 54 heavy (non-hydrogen) atoms. The second-order valence-corrected chi connectivity index (χ2v) is 13.5. The Balaban J connectivity index is 1.28. The Bertz CT molecular complexity index is 1960. The molecule has 280 valence electrons. The topological polar surface area (TPSA) is 224 Å². The SMILES string of the molecule is CCN(C(=O)N1CCNC(=O)C1=O)[C@H](C(=O)N[C@@H]1C(=O)N2C(C(=O)OC(c3ccccc3)c3ccccc3)=C(COC(N)=O)CS[C@H]12)c1ccc(N)cc1. The van der Waals surface area contributed by atoms with Crippen LogP contribution in [0.1, 0.15) is 35.8 Å². The van der Waals surface area contributed by atoms with Crippen LogP contribution in [0.25, 0.3) is 0 Å². The molecule has 0 aliphatic carbocycles. The average Bonchev–Trinajstić information content (AvgIpc) is 3.18. The molecular formula is C37H37N7O9S. The van der Waals surface area contributed by atoms with Crippen molar-refractivity contribution in [3.63, 3.8) is 0 Å². The molecule has 17 heteroatoms. The zero-order valence-electron chi connectivity index (χ0n) is 29.0. The maximum absolute atomic E-state index is 14.2. The molecule has 16 nitrogen and oxygen atoms in total. The van der Waals surface area contributed by atoms with E-state index >= 15 is 0 Å². The van der Waals surface area contributed by atoms with E-state index in [0.717, 1.165) is 9.80 Å². The molecule has 3 aromatic rings. The van der Waals surface area contributed by atoms with Gasteiger partial charge in [0.15, 0.2) is 6.10 Å². The lowest BCUT2D eigenvalue weighted by molar-refractivity contribution is -0.155. The quantitative estimate of drug-likeness (QED) is 0.0956. The van der Waals surface area contributed by atoms with Crippen LogP contribution in [0, 0.1) is 0 Å². The highest BCUT2D eigenvalue weighted by Gasteiger charge is 2.55. The molecule has 6 N–H and O–H groups in total. The molecule has 3 aromatic carbocycles. The van der Waals surface area contributed by atoms with Crippen LogP contribution in [-0.2, 0) is 33.4 Å². The van der Waals surface area contributed by atoms with Crippen molar-refractivity contribution in [2.24, 2.45) is 5.73 Å². The molecule has 2 saturated heterocycles. The minimum atomic E-state index is -1.35. The van der Waals surface area contributed by atoms with Crippen molar-refractivity contribution in [3.05, 3.63) is 113 Å². The van der Waals surface area contributed by atoms with E-state index in [4.69, 9.17) is 20.9 Å². The number of piperazine rings is 1. The number of fused-ring (bicyclic) bond motifs is 1. The number of primary amides is 1. The number of β-lactam (4-membered cyclic amide) rings is 1. The van der Waals surface area contributed by atoms with Crippen molar-refractivity contribution >= 4 is 59.2 Å². The third-order valence-corrected chi connectivity index (χ3v) is 10.4. The van der Waals surface area contributed by atoms with E-state index in [0.29, 0.717) is 22.4 Å². The number of imide groups is 1. The van der Waals surface area contributed by atoms with Gasteiger partial charge in [0.25, 0.3) is 5.91 Å². The van der Waals surface area contributed by atoms with E-state index in [-0.39, 0.29) is 43.3 Å². The van der Waals surface area contributed by atoms with Gasteiger partial charge < -0.3 is 36.5 Å². The predicted octanol–water partition coefficient (Wildman–Crippen LogP) is 1.79. The monoisotopic (exact) mass is 755 g/mol. The van der Waals surface area contributed by atoms with Crippen LogP contribution in [-0.4, -0.2) is 99.8 Å². The van der Waals surface area contributed by atoms with E-state index in [1.165, 1.54) is 28.8 Å². The largest absolute Gasteiger partial charge is 0.448 e. The first kappa shape index (κ1) is 37.4. The van der Waals surface area contributed by atoms with Gasteiger partial charge in [-0.1, -0.05) is 72.8 Å². The number of nitrogens with one attached hydrogen (secondary N) is 2. The highest BCUT2D eigenvalue weighted by atomic mass is 32.2. The fourth-order valence-electron chi connectivity index (χ4n) is 6.42. The van der Waals surface area contributed by atoms with Gasteiger partial charge >= 0.3 is 29.9 Å². The van der Waals surface area contributed by atoms with Crippen LogP contribution < -0.4 is 22.1 Å². The molecule has 2 fully saturated rings. The van der Waals surface area contributed by atoms with Crippen LogP contribution in [0.3, 0.4) is 0 Å². The Kier molecular flexibility index (Phi) is 11.2. The Labute approximate surface area is 313 Å².